The fourth-order valence-corrected chi connectivity index (χ4v) is 9.13. The normalized spacial score (nSPS) is 14.6. The van der Waals surface area contributed by atoms with Crippen molar-refractivity contribution in [2.45, 2.75) is 251 Å². The van der Waals surface area contributed by atoms with Crippen LogP contribution in [0.3, 0.4) is 0 Å². The van der Waals surface area contributed by atoms with E-state index in [1.54, 1.807) is 0 Å². The van der Waals surface area contributed by atoms with Gasteiger partial charge in [-0.05, 0) is 122 Å². The Kier molecular flexibility index (Phi) is 56.1. The molecule has 3 unspecified atom stereocenters. The molecule has 0 radical (unpaired) electrons. The fraction of sp³-hybridized carbons (Fsp3) is 0.634. The summed E-state index contributed by atoms with van der Waals surface area (Å²) in [5, 5.41) is 3.03. The molecule has 9 nitrogen and oxygen atoms in total. The van der Waals surface area contributed by atoms with E-state index in [-0.39, 0.29) is 25.5 Å². The lowest BCUT2D eigenvalue weighted by Gasteiger charge is -2.27. The van der Waals surface area contributed by atoms with Gasteiger partial charge in [0, 0.05) is 12.8 Å². The van der Waals surface area contributed by atoms with Gasteiger partial charge in [0.05, 0.1) is 33.8 Å². The van der Waals surface area contributed by atoms with E-state index in [1.807, 2.05) is 33.3 Å². The van der Waals surface area contributed by atoms with Crippen LogP contribution in [0.15, 0.2) is 146 Å². The molecule has 0 saturated heterocycles. The van der Waals surface area contributed by atoms with E-state index < -0.39 is 25.9 Å². The van der Waals surface area contributed by atoms with Gasteiger partial charge in [0.25, 0.3) is 0 Å². The van der Waals surface area contributed by atoms with Gasteiger partial charge in [0.1, 0.15) is 19.3 Å². The lowest BCUT2D eigenvalue weighted by Crippen LogP contribution is -2.47. The van der Waals surface area contributed by atoms with E-state index in [4.69, 9.17) is 13.8 Å². The largest absolute Gasteiger partial charge is 0.472 e. The Balaban J connectivity index is 5.33. The maximum absolute atomic E-state index is 13.6. The molecular formula is C71H120N2O7P+. The van der Waals surface area contributed by atoms with Gasteiger partial charge in [-0.2, -0.15) is 0 Å². The van der Waals surface area contributed by atoms with Gasteiger partial charge in [-0.15, -0.1) is 0 Å². The Hall–Kier alpha value is -4.11. The molecule has 1 amide bonds. The first kappa shape index (κ1) is 76.9. The zero-order valence-corrected chi connectivity index (χ0v) is 53.4. The van der Waals surface area contributed by atoms with Crippen molar-refractivity contribution in [2.75, 3.05) is 40.9 Å². The number of amides is 1. The van der Waals surface area contributed by atoms with E-state index in [2.05, 4.69) is 160 Å². The average Bonchev–Trinajstić information content (AvgIpc) is 3.44. The first-order valence-corrected chi connectivity index (χ1v) is 33.7. The maximum atomic E-state index is 13.6. The molecule has 0 aliphatic carbocycles. The van der Waals surface area contributed by atoms with Gasteiger partial charge in [-0.3, -0.25) is 18.6 Å². The molecule has 0 aliphatic rings. The molecule has 0 spiro atoms. The summed E-state index contributed by atoms with van der Waals surface area (Å²) in [5.41, 5.74) is 0. The summed E-state index contributed by atoms with van der Waals surface area (Å²) < 4.78 is 30.7. The van der Waals surface area contributed by atoms with Gasteiger partial charge >= 0.3 is 13.8 Å². The topological polar surface area (TPSA) is 111 Å². The molecule has 81 heavy (non-hydrogen) atoms. The number of hydrogen-bond acceptors (Lipinski definition) is 6. The first-order chi connectivity index (χ1) is 39.4. The van der Waals surface area contributed by atoms with Crippen LogP contribution in [-0.2, 0) is 27.9 Å². The summed E-state index contributed by atoms with van der Waals surface area (Å²) in [6, 6.07) is -0.891. The van der Waals surface area contributed by atoms with Crippen LogP contribution in [0.4, 0.5) is 0 Å². The van der Waals surface area contributed by atoms with Crippen molar-refractivity contribution in [3.05, 3.63) is 146 Å². The zero-order valence-electron chi connectivity index (χ0n) is 52.5. The zero-order chi connectivity index (χ0) is 59.3. The van der Waals surface area contributed by atoms with Crippen LogP contribution in [-0.4, -0.2) is 74.3 Å². The Labute approximate surface area is 498 Å². The highest BCUT2D eigenvalue weighted by atomic mass is 31.2. The summed E-state index contributed by atoms with van der Waals surface area (Å²) in [6.45, 7) is 6.72. The van der Waals surface area contributed by atoms with E-state index >= 15 is 0 Å². The summed E-state index contributed by atoms with van der Waals surface area (Å²) in [7, 11) is 1.43. The average molecular weight is 1140 g/mol. The van der Waals surface area contributed by atoms with Crippen LogP contribution < -0.4 is 5.32 Å². The van der Waals surface area contributed by atoms with Crippen molar-refractivity contribution in [3.63, 3.8) is 0 Å². The number of nitrogens with one attached hydrogen (secondary N) is 1. The lowest BCUT2D eigenvalue weighted by atomic mass is 10.0. The van der Waals surface area contributed by atoms with Crippen molar-refractivity contribution >= 4 is 19.7 Å². The summed E-state index contributed by atoms with van der Waals surface area (Å²) in [5.74, 6) is -0.601. The van der Waals surface area contributed by atoms with Crippen LogP contribution in [0.5, 0.6) is 0 Å². The molecule has 10 heteroatoms. The predicted molar refractivity (Wildman–Crippen MR) is 350 cm³/mol. The third-order valence-electron chi connectivity index (χ3n) is 13.3. The number of unbranched alkanes of at least 4 members (excludes halogenated alkanes) is 18. The van der Waals surface area contributed by atoms with Crippen molar-refractivity contribution in [1.82, 2.24) is 5.32 Å². The highest BCUT2D eigenvalue weighted by Gasteiger charge is 2.30. The Morgan fingerprint density at radius 2 is 0.802 bits per heavy atom. The van der Waals surface area contributed by atoms with Crippen LogP contribution in [0.25, 0.3) is 0 Å². The number of phosphoric acid groups is 1. The minimum Gasteiger partial charge on any atom is -0.456 e. The molecule has 3 atom stereocenters. The first-order valence-electron chi connectivity index (χ1n) is 32.2. The number of likely N-dealkylation sites (N-methyl/N-ethyl adjacent to an activating group) is 1. The maximum Gasteiger partial charge on any atom is 0.472 e. The Morgan fingerprint density at radius 3 is 1.21 bits per heavy atom. The third kappa shape index (κ3) is 60.3. The van der Waals surface area contributed by atoms with E-state index in [1.165, 1.54) is 57.8 Å². The molecule has 0 bridgehead atoms. The van der Waals surface area contributed by atoms with Crippen LogP contribution >= 0.6 is 7.82 Å². The van der Waals surface area contributed by atoms with E-state index in [0.717, 1.165) is 135 Å². The Morgan fingerprint density at radius 1 is 0.444 bits per heavy atom. The predicted octanol–water partition coefficient (Wildman–Crippen LogP) is 20.2. The fourth-order valence-electron chi connectivity index (χ4n) is 8.39. The third-order valence-corrected chi connectivity index (χ3v) is 14.3. The van der Waals surface area contributed by atoms with Crippen LogP contribution in [0.1, 0.15) is 239 Å². The molecule has 0 rings (SSSR count). The number of esters is 1. The second-order valence-electron chi connectivity index (χ2n) is 22.2. The smallest absolute Gasteiger partial charge is 0.456 e. The number of hydrogen-bond donors (Lipinski definition) is 2. The standard InChI is InChI=1S/C71H119N2O7P/c1-7-10-13-16-19-22-25-28-30-32-33-34-35-36-37-38-39-41-42-45-48-51-54-57-60-63-70(74)72-68(67-79-81(76,77)78-66-65-73(4,5)6)69(62-59-56-53-50-47-44-27-24-21-18-15-12-9-3)80-71(75)64-61-58-55-52-49-46-43-40-31-29-26-23-20-17-14-11-8-2/h10-11,13-14,19-20,22-23,28-31,33-34,36-37,39,41,43,46,52,55,59,62,68-69H,7-9,12,15-18,21,24-27,32,35,38,40,42,44-45,47-51,53-54,56-58,60-61,63-67H2,1-6H3,(H-,72,74,76,77)/p+1/b13-10-,14-11-,22-19-,23-20-,30-28-,31-29-,34-33-,37-36-,41-39-,46-43-,55-52-,62-59-. The summed E-state index contributed by atoms with van der Waals surface area (Å²) in [6.07, 6.45) is 85.7. The molecular weight excluding hydrogens is 1020 g/mol. The molecule has 0 heterocycles. The number of carbonyl (C=O) groups is 2. The van der Waals surface area contributed by atoms with Gasteiger partial charge in [0.15, 0.2) is 0 Å². The molecule has 0 aliphatic heterocycles. The van der Waals surface area contributed by atoms with Gasteiger partial charge in [-0.25, -0.2) is 4.57 Å². The highest BCUT2D eigenvalue weighted by molar-refractivity contribution is 7.47. The highest BCUT2D eigenvalue weighted by Crippen LogP contribution is 2.43. The van der Waals surface area contributed by atoms with Gasteiger partial charge in [-0.1, -0.05) is 250 Å². The number of rotatable bonds is 56. The minimum absolute atomic E-state index is 0.0198. The monoisotopic (exact) mass is 1140 g/mol. The number of carbonyl (C=O) groups excluding carboxylic acids is 2. The molecule has 0 fully saturated rings. The van der Waals surface area contributed by atoms with Crippen molar-refractivity contribution < 1.29 is 37.3 Å². The number of ether oxygens (including phenoxy) is 1. The second-order valence-corrected chi connectivity index (χ2v) is 23.6. The van der Waals surface area contributed by atoms with E-state index in [9.17, 15) is 19.0 Å². The van der Waals surface area contributed by atoms with Crippen molar-refractivity contribution in [1.29, 1.82) is 0 Å². The Bertz CT molecular complexity index is 1890. The SMILES string of the molecule is CC/C=C\C/C=C\C/C=C\C/C=C\C/C=C\C/C=C\CCCCCCCCC(=O)NC(COP(=O)(O)OCC[N+](C)(C)C)C(/C=C\CCCCCCCCCCCCC)OC(=O)CCC/C=C\C/C=C\C/C=C\C/C=C\C/C=C\CC. The van der Waals surface area contributed by atoms with Gasteiger partial charge in [0.2, 0.25) is 5.91 Å². The minimum atomic E-state index is -4.48. The molecule has 460 valence electrons. The second kappa shape index (κ2) is 59.1. The van der Waals surface area contributed by atoms with E-state index in [0.29, 0.717) is 30.3 Å². The molecule has 0 aromatic carbocycles. The van der Waals surface area contributed by atoms with Gasteiger partial charge < -0.3 is 19.4 Å². The number of phosphoric ester groups is 1. The quantitative estimate of drug-likeness (QED) is 0.0205. The van der Waals surface area contributed by atoms with Crippen LogP contribution in [0.2, 0.25) is 0 Å². The molecule has 0 aromatic heterocycles. The summed E-state index contributed by atoms with van der Waals surface area (Å²) >= 11 is 0. The summed E-state index contributed by atoms with van der Waals surface area (Å²) in [4.78, 5) is 37.8. The number of allylic oxidation sites excluding steroid dienone is 23. The molecule has 2 N–H and O–H groups in total. The molecule has 0 saturated carbocycles. The molecule has 0 aromatic rings. The van der Waals surface area contributed by atoms with Crippen LogP contribution in [0, 0.1) is 0 Å². The number of quaternary nitrogens is 1. The van der Waals surface area contributed by atoms with Crippen molar-refractivity contribution in [3.8, 4) is 0 Å². The lowest BCUT2D eigenvalue weighted by molar-refractivity contribution is -0.870. The number of nitrogens with zero attached hydrogens (tertiary/aromatic N) is 1. The van der Waals surface area contributed by atoms with Crippen molar-refractivity contribution in [2.24, 2.45) is 0 Å².